The lowest BCUT2D eigenvalue weighted by atomic mass is 9.86. The molecule has 110 valence electrons. The molecule has 0 amide bonds. The SMILES string of the molecule is CCC1(CC)CC(Nc2cnc(C(N)=S)cn2)CCO1. The molecular formula is C14H22N4OS. The van der Waals surface area contributed by atoms with Crippen molar-refractivity contribution >= 4 is 23.0 Å². The van der Waals surface area contributed by atoms with Crippen molar-refractivity contribution in [2.45, 2.75) is 51.2 Å². The van der Waals surface area contributed by atoms with Crippen molar-refractivity contribution < 1.29 is 4.74 Å². The number of nitrogens with one attached hydrogen (secondary N) is 1. The number of rotatable bonds is 5. The minimum Gasteiger partial charge on any atom is -0.388 e. The zero-order valence-corrected chi connectivity index (χ0v) is 12.9. The molecule has 0 aromatic carbocycles. The summed E-state index contributed by atoms with van der Waals surface area (Å²) in [6.07, 6.45) is 7.35. The Balaban J connectivity index is 2.00. The maximum atomic E-state index is 5.97. The minimum atomic E-state index is 0.00209. The number of anilines is 1. The highest BCUT2D eigenvalue weighted by molar-refractivity contribution is 7.80. The van der Waals surface area contributed by atoms with Gasteiger partial charge in [0.2, 0.25) is 0 Å². The molecule has 1 aromatic heterocycles. The zero-order chi connectivity index (χ0) is 14.6. The van der Waals surface area contributed by atoms with E-state index in [0.717, 1.165) is 38.1 Å². The van der Waals surface area contributed by atoms with Crippen molar-refractivity contribution in [1.82, 2.24) is 9.97 Å². The van der Waals surface area contributed by atoms with Crippen molar-refractivity contribution in [2.24, 2.45) is 5.73 Å². The predicted octanol–water partition coefficient (Wildman–Crippen LogP) is 2.26. The Labute approximate surface area is 125 Å². The molecule has 6 heteroatoms. The average Bonchev–Trinajstić information content (AvgIpc) is 2.48. The summed E-state index contributed by atoms with van der Waals surface area (Å²) in [5.74, 6) is 0.762. The van der Waals surface area contributed by atoms with Gasteiger partial charge in [0.25, 0.3) is 0 Å². The van der Waals surface area contributed by atoms with Gasteiger partial charge in [-0.05, 0) is 25.7 Å². The van der Waals surface area contributed by atoms with Gasteiger partial charge in [-0.3, -0.25) is 0 Å². The topological polar surface area (TPSA) is 73.1 Å². The smallest absolute Gasteiger partial charge is 0.144 e. The fourth-order valence-corrected chi connectivity index (χ4v) is 2.74. The standard InChI is InChI=1S/C14H22N4OS/c1-3-14(4-2)7-10(5-6-19-14)18-12-9-16-11(8-17-12)13(15)20/h8-10H,3-7H2,1-2H3,(H2,15,20)(H,17,18). The van der Waals surface area contributed by atoms with E-state index in [9.17, 15) is 0 Å². The molecule has 3 N–H and O–H groups in total. The molecule has 1 unspecified atom stereocenters. The summed E-state index contributed by atoms with van der Waals surface area (Å²) in [4.78, 5) is 8.78. The summed E-state index contributed by atoms with van der Waals surface area (Å²) in [6.45, 7) is 5.16. The lowest BCUT2D eigenvalue weighted by Gasteiger charge is -2.40. The number of ether oxygens (including phenoxy) is 1. The van der Waals surface area contributed by atoms with Crippen LogP contribution in [0.2, 0.25) is 0 Å². The van der Waals surface area contributed by atoms with Crippen LogP contribution in [0.25, 0.3) is 0 Å². The Morgan fingerprint density at radius 1 is 1.45 bits per heavy atom. The molecule has 1 atom stereocenters. The van der Waals surface area contributed by atoms with E-state index in [-0.39, 0.29) is 10.6 Å². The summed E-state index contributed by atoms with van der Waals surface area (Å²) in [7, 11) is 0. The van der Waals surface area contributed by atoms with Gasteiger partial charge in [-0.15, -0.1) is 0 Å². The number of nitrogens with two attached hydrogens (primary N) is 1. The highest BCUT2D eigenvalue weighted by Crippen LogP contribution is 2.32. The Morgan fingerprint density at radius 3 is 2.75 bits per heavy atom. The number of hydrogen-bond donors (Lipinski definition) is 2. The van der Waals surface area contributed by atoms with Crippen LogP contribution in [0.5, 0.6) is 0 Å². The van der Waals surface area contributed by atoms with Gasteiger partial charge in [0.15, 0.2) is 0 Å². The minimum absolute atomic E-state index is 0.00209. The number of hydrogen-bond acceptors (Lipinski definition) is 5. The summed E-state index contributed by atoms with van der Waals surface area (Å²) >= 11 is 4.87. The van der Waals surface area contributed by atoms with Crippen LogP contribution in [-0.4, -0.2) is 33.2 Å². The predicted molar refractivity (Wildman–Crippen MR) is 83.8 cm³/mol. The largest absolute Gasteiger partial charge is 0.388 e. The summed E-state index contributed by atoms with van der Waals surface area (Å²) in [5.41, 5.74) is 6.06. The number of thiocarbonyl (C=S) groups is 1. The monoisotopic (exact) mass is 294 g/mol. The lowest BCUT2D eigenvalue weighted by molar-refractivity contribution is -0.0864. The molecule has 1 saturated heterocycles. The Hall–Kier alpha value is -1.27. The lowest BCUT2D eigenvalue weighted by Crippen LogP contribution is -2.43. The normalized spacial score (nSPS) is 21.4. The molecule has 0 aliphatic carbocycles. The average molecular weight is 294 g/mol. The number of nitrogens with zero attached hydrogens (tertiary/aromatic N) is 2. The van der Waals surface area contributed by atoms with Crippen LogP contribution in [0.15, 0.2) is 12.4 Å². The van der Waals surface area contributed by atoms with E-state index in [1.54, 1.807) is 12.4 Å². The highest BCUT2D eigenvalue weighted by atomic mass is 32.1. The van der Waals surface area contributed by atoms with Gasteiger partial charge >= 0.3 is 0 Å². The molecule has 2 rings (SSSR count). The van der Waals surface area contributed by atoms with Crippen molar-refractivity contribution in [3.63, 3.8) is 0 Å². The molecule has 0 bridgehead atoms. The molecule has 20 heavy (non-hydrogen) atoms. The molecule has 0 radical (unpaired) electrons. The second kappa shape index (κ2) is 6.45. The molecule has 1 aromatic rings. The molecule has 2 heterocycles. The second-order valence-electron chi connectivity index (χ2n) is 5.22. The third-order valence-electron chi connectivity index (χ3n) is 4.04. The third-order valence-corrected chi connectivity index (χ3v) is 4.25. The van der Waals surface area contributed by atoms with E-state index in [1.807, 2.05) is 0 Å². The van der Waals surface area contributed by atoms with Crippen LogP contribution >= 0.6 is 12.2 Å². The first-order valence-electron chi connectivity index (χ1n) is 7.11. The Morgan fingerprint density at radius 2 is 2.20 bits per heavy atom. The second-order valence-corrected chi connectivity index (χ2v) is 5.66. The van der Waals surface area contributed by atoms with E-state index >= 15 is 0 Å². The molecule has 0 spiro atoms. The van der Waals surface area contributed by atoms with Crippen LogP contribution in [0.1, 0.15) is 45.2 Å². The molecular weight excluding hydrogens is 272 g/mol. The first-order valence-corrected chi connectivity index (χ1v) is 7.51. The van der Waals surface area contributed by atoms with E-state index in [0.29, 0.717) is 11.7 Å². The van der Waals surface area contributed by atoms with E-state index in [4.69, 9.17) is 22.7 Å². The van der Waals surface area contributed by atoms with Gasteiger partial charge in [-0.25, -0.2) is 9.97 Å². The fourth-order valence-electron chi connectivity index (χ4n) is 2.63. The van der Waals surface area contributed by atoms with Crippen LogP contribution in [0, 0.1) is 0 Å². The molecule has 1 aliphatic heterocycles. The molecule has 1 fully saturated rings. The molecule has 0 saturated carbocycles. The molecule has 1 aliphatic rings. The van der Waals surface area contributed by atoms with Crippen LogP contribution in [-0.2, 0) is 4.74 Å². The van der Waals surface area contributed by atoms with Crippen molar-refractivity contribution in [1.29, 1.82) is 0 Å². The maximum absolute atomic E-state index is 5.97. The van der Waals surface area contributed by atoms with Gasteiger partial charge in [0.1, 0.15) is 16.5 Å². The van der Waals surface area contributed by atoms with Gasteiger partial charge in [-0.1, -0.05) is 26.1 Å². The molecule has 5 nitrogen and oxygen atoms in total. The quantitative estimate of drug-likeness (QED) is 0.812. The van der Waals surface area contributed by atoms with E-state index in [1.165, 1.54) is 0 Å². The highest BCUT2D eigenvalue weighted by Gasteiger charge is 2.34. The number of aromatic nitrogens is 2. The maximum Gasteiger partial charge on any atom is 0.144 e. The van der Waals surface area contributed by atoms with Crippen molar-refractivity contribution in [2.75, 3.05) is 11.9 Å². The Kier molecular flexibility index (Phi) is 4.88. The van der Waals surface area contributed by atoms with Crippen molar-refractivity contribution in [3.05, 3.63) is 18.1 Å². The Bertz CT molecular complexity index is 459. The summed E-state index contributed by atoms with van der Waals surface area (Å²) < 4.78 is 5.97. The first-order chi connectivity index (χ1) is 9.58. The fraction of sp³-hybridized carbons (Fsp3) is 0.643. The van der Waals surface area contributed by atoms with E-state index < -0.39 is 0 Å². The van der Waals surface area contributed by atoms with Crippen LogP contribution < -0.4 is 11.1 Å². The van der Waals surface area contributed by atoms with Crippen LogP contribution in [0.3, 0.4) is 0 Å². The van der Waals surface area contributed by atoms with Crippen molar-refractivity contribution in [3.8, 4) is 0 Å². The van der Waals surface area contributed by atoms with E-state index in [2.05, 4.69) is 29.1 Å². The first kappa shape index (κ1) is 15.1. The van der Waals surface area contributed by atoms with Gasteiger partial charge in [-0.2, -0.15) is 0 Å². The van der Waals surface area contributed by atoms with Crippen LogP contribution in [0.4, 0.5) is 5.82 Å². The van der Waals surface area contributed by atoms with Gasteiger partial charge < -0.3 is 15.8 Å². The zero-order valence-electron chi connectivity index (χ0n) is 12.1. The van der Waals surface area contributed by atoms with Gasteiger partial charge in [0, 0.05) is 12.6 Å². The summed E-state index contributed by atoms with van der Waals surface area (Å²) in [5, 5.41) is 3.43. The van der Waals surface area contributed by atoms with Gasteiger partial charge in [0.05, 0.1) is 18.0 Å². The third kappa shape index (κ3) is 3.43. The summed E-state index contributed by atoms with van der Waals surface area (Å²) in [6, 6.07) is 0.369.